The minimum Gasteiger partial charge on any atom is -0.311 e. The Morgan fingerprint density at radius 1 is 0.178 bits per heavy atom. The van der Waals surface area contributed by atoms with Crippen LogP contribution in [-0.4, -0.2) is 9.13 Å². The molecule has 0 saturated carbocycles. The van der Waals surface area contributed by atoms with E-state index in [1.54, 1.807) is 0 Å². The first-order chi connectivity index (χ1) is 63.7. The van der Waals surface area contributed by atoms with Crippen LogP contribution in [0.4, 0.5) is 34.1 Å². The number of anilines is 6. The first-order valence-corrected chi connectivity index (χ1v) is 44.8. The number of aromatic nitrogens is 2. The molecule has 604 valence electrons. The monoisotopic (exact) mass is 1640 g/mol. The van der Waals surface area contributed by atoms with E-state index in [4.69, 9.17) is 0 Å². The second-order valence-electron chi connectivity index (χ2n) is 35.0. The molecule has 2 heterocycles. The van der Waals surface area contributed by atoms with E-state index in [0.29, 0.717) is 0 Å². The Hall–Kier alpha value is -16.7. The summed E-state index contributed by atoms with van der Waals surface area (Å²) in [6.07, 6.45) is 0. The summed E-state index contributed by atoms with van der Waals surface area (Å²) in [5.41, 5.74) is 34.0. The van der Waals surface area contributed by atoms with Gasteiger partial charge in [-0.1, -0.05) is 329 Å². The molecular formula is C125H84N4. The van der Waals surface area contributed by atoms with E-state index in [1.807, 2.05) is 0 Å². The van der Waals surface area contributed by atoms with Crippen LogP contribution >= 0.6 is 0 Å². The van der Waals surface area contributed by atoms with Crippen molar-refractivity contribution in [3.05, 3.63) is 484 Å². The first-order valence-electron chi connectivity index (χ1n) is 44.8. The highest BCUT2D eigenvalue weighted by molar-refractivity contribution is 6.35. The molecule has 23 aromatic carbocycles. The number of rotatable bonds is 14. The molecule has 26 rings (SSSR count). The normalized spacial score (nSPS) is 12.3. The highest BCUT2D eigenvalue weighted by Crippen LogP contribution is 2.53. The van der Waals surface area contributed by atoms with Crippen LogP contribution in [0, 0.1) is 0 Å². The van der Waals surface area contributed by atoms with Crippen molar-refractivity contribution >= 4 is 142 Å². The van der Waals surface area contributed by atoms with E-state index in [-0.39, 0.29) is 5.41 Å². The highest BCUT2D eigenvalue weighted by Gasteiger charge is 2.36. The van der Waals surface area contributed by atoms with E-state index < -0.39 is 0 Å². The molecule has 1 aliphatic carbocycles. The van der Waals surface area contributed by atoms with E-state index in [1.165, 1.54) is 197 Å². The minimum absolute atomic E-state index is 0.0179. The number of para-hydroxylation sites is 6. The second-order valence-corrected chi connectivity index (χ2v) is 35.0. The molecule has 0 fully saturated rings. The molecule has 0 radical (unpaired) electrons. The van der Waals surface area contributed by atoms with Crippen molar-refractivity contribution in [1.29, 1.82) is 0 Å². The largest absolute Gasteiger partial charge is 0.311 e. The summed E-state index contributed by atoms with van der Waals surface area (Å²) in [5.74, 6) is 0. The molecular weight excluding hydrogens is 1560 g/mol. The van der Waals surface area contributed by atoms with Gasteiger partial charge in [-0.05, 0) is 301 Å². The van der Waals surface area contributed by atoms with Crippen LogP contribution in [0.1, 0.15) is 25.0 Å². The number of benzene rings is 23. The third-order valence-corrected chi connectivity index (χ3v) is 27.4. The standard InChI is InChI=1S/C64H42N2.C61H42N2/c1-6-16-43(17-7-1)49-38-50(44-18-8-2-9-19-44)40-51(39-49)47-31-37-61-59(41-47)60-42-48-27-26-46-30-34-56(57-35-36-58(63(48)62(46)57)64(60)66(61)54-24-14-5-15-25-54)45-28-32-55(33-29-45)65(52-20-10-3-11-21-52)53-22-12-4-13-23-53;1-61(2)55-21-13-12-20-49(55)52-36-41(27-34-56(52)61)42-28-35-57-53(37-42)54-38-43-23-22-40-26-31-48(50-32-33-51(59(43)58(40)50)60(54)63(57)46-18-10-5-11-19-46)39-24-29-47(30-25-39)62(44-14-6-3-7-15-44)45-16-8-4-9-17-45/h1-42H;3-38H,1-2H3. The molecule has 0 spiro atoms. The summed E-state index contributed by atoms with van der Waals surface area (Å²) in [5, 5.41) is 20.3. The molecule has 1 aliphatic rings. The Kier molecular flexibility index (Phi) is 17.6. The molecule has 4 heteroatoms. The zero-order valence-electron chi connectivity index (χ0n) is 71.3. The van der Waals surface area contributed by atoms with E-state index in [0.717, 1.165) is 45.5 Å². The number of fused-ring (bicyclic) bond motifs is 11. The van der Waals surface area contributed by atoms with Crippen molar-refractivity contribution in [2.75, 3.05) is 9.80 Å². The number of hydrogen-bond donors (Lipinski definition) is 0. The van der Waals surface area contributed by atoms with Crippen LogP contribution in [-0.2, 0) is 5.41 Å². The fourth-order valence-corrected chi connectivity index (χ4v) is 21.4. The van der Waals surface area contributed by atoms with Gasteiger partial charge in [0.15, 0.2) is 0 Å². The summed E-state index contributed by atoms with van der Waals surface area (Å²) >= 11 is 0. The maximum Gasteiger partial charge on any atom is 0.0620 e. The average molecular weight is 1640 g/mol. The minimum atomic E-state index is -0.0179. The Morgan fingerprint density at radius 2 is 0.488 bits per heavy atom. The number of nitrogens with zero attached hydrogens (tertiary/aromatic N) is 4. The van der Waals surface area contributed by atoms with Gasteiger partial charge >= 0.3 is 0 Å². The van der Waals surface area contributed by atoms with Crippen molar-refractivity contribution < 1.29 is 0 Å². The Morgan fingerprint density at radius 3 is 0.915 bits per heavy atom. The van der Waals surface area contributed by atoms with Crippen molar-refractivity contribution in [3.63, 3.8) is 0 Å². The lowest BCUT2D eigenvalue weighted by atomic mass is 9.82. The lowest BCUT2D eigenvalue weighted by Gasteiger charge is -2.25. The highest BCUT2D eigenvalue weighted by atomic mass is 15.1. The van der Waals surface area contributed by atoms with Crippen LogP contribution in [0.25, 0.3) is 198 Å². The molecule has 0 saturated heterocycles. The van der Waals surface area contributed by atoms with Gasteiger partial charge in [0.25, 0.3) is 0 Å². The van der Waals surface area contributed by atoms with Crippen LogP contribution in [0.5, 0.6) is 0 Å². The van der Waals surface area contributed by atoms with E-state index in [2.05, 4.69) is 506 Å². The molecule has 0 aliphatic heterocycles. The van der Waals surface area contributed by atoms with Gasteiger partial charge in [0.1, 0.15) is 0 Å². The van der Waals surface area contributed by atoms with Crippen molar-refractivity contribution in [3.8, 4) is 89.3 Å². The Bertz CT molecular complexity index is 8490. The topological polar surface area (TPSA) is 16.3 Å². The maximum atomic E-state index is 2.49. The molecule has 0 amide bonds. The summed E-state index contributed by atoms with van der Waals surface area (Å²) in [4.78, 5) is 4.64. The van der Waals surface area contributed by atoms with Crippen LogP contribution in [0.2, 0.25) is 0 Å². The first kappa shape index (κ1) is 74.9. The summed E-state index contributed by atoms with van der Waals surface area (Å²) in [6, 6.07) is 174. The van der Waals surface area contributed by atoms with Crippen molar-refractivity contribution in [2.45, 2.75) is 19.3 Å². The molecule has 0 atom stereocenters. The average Bonchev–Trinajstić information content (AvgIpc) is 1.56. The van der Waals surface area contributed by atoms with Gasteiger partial charge in [0.2, 0.25) is 0 Å². The van der Waals surface area contributed by atoms with Crippen LogP contribution < -0.4 is 9.80 Å². The zero-order chi connectivity index (χ0) is 85.4. The molecule has 129 heavy (non-hydrogen) atoms. The summed E-state index contributed by atoms with van der Waals surface area (Å²) in [6.45, 7) is 4.70. The van der Waals surface area contributed by atoms with Crippen molar-refractivity contribution in [1.82, 2.24) is 9.13 Å². The Labute approximate surface area is 748 Å². The zero-order valence-corrected chi connectivity index (χ0v) is 71.3. The molecule has 25 aromatic rings. The van der Waals surface area contributed by atoms with Gasteiger partial charge in [-0.15, -0.1) is 0 Å². The van der Waals surface area contributed by atoms with Gasteiger partial charge in [0.05, 0.1) is 22.1 Å². The van der Waals surface area contributed by atoms with Crippen LogP contribution in [0.15, 0.2) is 473 Å². The predicted octanol–water partition coefficient (Wildman–Crippen LogP) is 34.6. The third kappa shape index (κ3) is 12.4. The summed E-state index contributed by atoms with van der Waals surface area (Å²) < 4.78 is 4.98. The summed E-state index contributed by atoms with van der Waals surface area (Å²) in [7, 11) is 0. The SMILES string of the molecule is CC1(C)c2ccccc2-c2cc(-c3ccc4c(c3)c3cc5ccc6ccc(-c7ccc(N(c8ccccc8)c8ccccc8)cc7)c7ccc(c5c67)c3n4-c3ccccc3)ccc21.c1ccc(-c2cc(-c3ccccc3)cc(-c3ccc4c(c3)c3cc5ccc6ccc(-c7ccc(N(c8ccccc8)c8ccccc8)cc7)c7ccc(c5c67)c3n4-c3ccccc3)c2)cc1. The van der Waals surface area contributed by atoms with Crippen LogP contribution in [0.3, 0.4) is 0 Å². The molecule has 2 aromatic heterocycles. The Balaban J connectivity index is 0.000000140. The molecule has 4 nitrogen and oxygen atoms in total. The lowest BCUT2D eigenvalue weighted by Crippen LogP contribution is -2.14. The molecule has 0 bridgehead atoms. The molecule has 0 unspecified atom stereocenters. The predicted molar refractivity (Wildman–Crippen MR) is 549 cm³/mol. The van der Waals surface area contributed by atoms with Gasteiger partial charge in [-0.25, -0.2) is 0 Å². The van der Waals surface area contributed by atoms with Gasteiger partial charge in [-0.2, -0.15) is 0 Å². The quantitative estimate of drug-likeness (QED) is 0.101. The fraction of sp³-hybridized carbons (Fsp3) is 0.0240. The number of hydrogen-bond acceptors (Lipinski definition) is 2. The van der Waals surface area contributed by atoms with Gasteiger partial charge in [0, 0.05) is 83.2 Å². The third-order valence-electron chi connectivity index (χ3n) is 27.4. The van der Waals surface area contributed by atoms with E-state index >= 15 is 0 Å². The smallest absolute Gasteiger partial charge is 0.0620 e. The maximum absolute atomic E-state index is 2.49. The van der Waals surface area contributed by atoms with Gasteiger partial charge < -0.3 is 18.9 Å². The fourth-order valence-electron chi connectivity index (χ4n) is 21.4. The van der Waals surface area contributed by atoms with Gasteiger partial charge in [-0.3, -0.25) is 0 Å². The molecule has 0 N–H and O–H groups in total. The second kappa shape index (κ2) is 30.3. The van der Waals surface area contributed by atoms with E-state index in [9.17, 15) is 0 Å². The lowest BCUT2D eigenvalue weighted by molar-refractivity contribution is 0.660. The van der Waals surface area contributed by atoms with Crippen molar-refractivity contribution in [2.24, 2.45) is 0 Å².